The zero-order valence-electron chi connectivity index (χ0n) is 50.4. The third-order valence-electron chi connectivity index (χ3n) is 13.7. The summed E-state index contributed by atoms with van der Waals surface area (Å²) in [6.07, 6.45) is 88.0. The summed E-state index contributed by atoms with van der Waals surface area (Å²) in [4.78, 5) is 38.4. The summed E-state index contributed by atoms with van der Waals surface area (Å²) in [6.45, 7) is 6.49. The molecule has 0 saturated carbocycles. The van der Waals surface area contributed by atoms with Crippen molar-refractivity contribution in [2.24, 2.45) is 0 Å². The number of carbonyl (C=O) groups excluding carboxylic acids is 3. The van der Waals surface area contributed by atoms with Crippen LogP contribution in [0.5, 0.6) is 0 Å². The van der Waals surface area contributed by atoms with E-state index in [1.54, 1.807) is 0 Å². The zero-order valence-corrected chi connectivity index (χ0v) is 50.4. The highest BCUT2D eigenvalue weighted by molar-refractivity contribution is 5.71. The van der Waals surface area contributed by atoms with Gasteiger partial charge in [0.05, 0.1) is 0 Å². The molecular formula is C71H120O6. The quantitative estimate of drug-likeness (QED) is 0.0261. The minimum Gasteiger partial charge on any atom is -0.462 e. The molecular weight excluding hydrogens is 949 g/mol. The van der Waals surface area contributed by atoms with Crippen LogP contribution in [-0.4, -0.2) is 37.2 Å². The largest absolute Gasteiger partial charge is 0.462 e. The Morgan fingerprint density at radius 2 is 0.506 bits per heavy atom. The van der Waals surface area contributed by atoms with Gasteiger partial charge in [-0.25, -0.2) is 0 Å². The van der Waals surface area contributed by atoms with E-state index in [1.807, 2.05) is 0 Å². The van der Waals surface area contributed by atoms with Crippen molar-refractivity contribution in [2.75, 3.05) is 13.2 Å². The standard InChI is InChI=1S/C71H120O6/c1-4-7-10-13-16-19-22-25-28-31-33-34-35-36-38-40-43-46-49-52-55-58-61-64-70(73)76-67-68(66-75-69(72)63-60-57-54-51-48-45-42-39-30-27-24-21-18-15-12-9-6-3)77-71(74)65-62-59-56-53-50-47-44-41-37-32-29-26-23-20-17-14-11-8-5-2/h9,12,17-18,20-22,25-27,29-31,33,35-37,41,68H,4-8,10-11,13-16,19,23-24,28,32,34,38-40,42-67H2,1-3H3/b12-9-,20-17-,21-18-,25-22-,29-26-,30-27-,33-31-,36-35-,41-37-. The monoisotopic (exact) mass is 1070 g/mol. The van der Waals surface area contributed by atoms with Crippen molar-refractivity contribution in [3.8, 4) is 0 Å². The Morgan fingerprint density at radius 1 is 0.273 bits per heavy atom. The molecule has 0 rings (SSSR count). The van der Waals surface area contributed by atoms with Gasteiger partial charge in [0.25, 0.3) is 0 Å². The molecule has 0 aliphatic heterocycles. The van der Waals surface area contributed by atoms with E-state index >= 15 is 0 Å². The van der Waals surface area contributed by atoms with Gasteiger partial charge in [-0.3, -0.25) is 14.4 Å². The highest BCUT2D eigenvalue weighted by Gasteiger charge is 2.19. The van der Waals surface area contributed by atoms with Crippen molar-refractivity contribution in [3.05, 3.63) is 109 Å². The Morgan fingerprint density at radius 3 is 0.818 bits per heavy atom. The molecule has 0 aliphatic carbocycles. The zero-order chi connectivity index (χ0) is 55.7. The number of hydrogen-bond donors (Lipinski definition) is 0. The summed E-state index contributed by atoms with van der Waals surface area (Å²) in [6, 6.07) is 0. The van der Waals surface area contributed by atoms with Crippen LogP contribution in [0.15, 0.2) is 109 Å². The first-order valence-electron chi connectivity index (χ1n) is 32.4. The first kappa shape index (κ1) is 73.1. The summed E-state index contributed by atoms with van der Waals surface area (Å²) < 4.78 is 16.9. The molecule has 6 nitrogen and oxygen atoms in total. The predicted octanol–water partition coefficient (Wildman–Crippen LogP) is 22.2. The number of esters is 3. The molecule has 6 heteroatoms. The Labute approximate surface area is 476 Å². The third-order valence-corrected chi connectivity index (χ3v) is 13.7. The van der Waals surface area contributed by atoms with Gasteiger partial charge in [-0.1, -0.05) is 265 Å². The van der Waals surface area contributed by atoms with Crippen LogP contribution in [-0.2, 0) is 28.6 Å². The maximum atomic E-state index is 12.9. The first-order valence-corrected chi connectivity index (χ1v) is 32.4. The fraction of sp³-hybridized carbons (Fsp3) is 0.704. The van der Waals surface area contributed by atoms with Gasteiger partial charge < -0.3 is 14.2 Å². The summed E-state index contributed by atoms with van der Waals surface area (Å²) in [5.74, 6) is -0.913. The second-order valence-electron chi connectivity index (χ2n) is 21.3. The van der Waals surface area contributed by atoms with E-state index in [0.717, 1.165) is 128 Å². The van der Waals surface area contributed by atoms with Crippen LogP contribution >= 0.6 is 0 Å². The summed E-state index contributed by atoms with van der Waals surface area (Å²) in [5.41, 5.74) is 0. The van der Waals surface area contributed by atoms with E-state index < -0.39 is 6.10 Å². The van der Waals surface area contributed by atoms with Crippen LogP contribution in [0.2, 0.25) is 0 Å². The maximum Gasteiger partial charge on any atom is 0.306 e. The Bertz CT molecular complexity index is 1560. The summed E-state index contributed by atoms with van der Waals surface area (Å²) >= 11 is 0. The Kier molecular flexibility index (Phi) is 61.3. The van der Waals surface area contributed by atoms with E-state index in [-0.39, 0.29) is 31.1 Å². The van der Waals surface area contributed by atoms with Gasteiger partial charge in [0.1, 0.15) is 13.2 Å². The van der Waals surface area contributed by atoms with Gasteiger partial charge in [0, 0.05) is 19.3 Å². The lowest BCUT2D eigenvalue weighted by Gasteiger charge is -2.18. The van der Waals surface area contributed by atoms with Crippen molar-refractivity contribution in [2.45, 2.75) is 309 Å². The lowest BCUT2D eigenvalue weighted by Crippen LogP contribution is -2.30. The van der Waals surface area contributed by atoms with Crippen LogP contribution in [0.3, 0.4) is 0 Å². The van der Waals surface area contributed by atoms with Crippen molar-refractivity contribution in [3.63, 3.8) is 0 Å². The second-order valence-corrected chi connectivity index (χ2v) is 21.3. The molecule has 0 aromatic carbocycles. The lowest BCUT2D eigenvalue weighted by molar-refractivity contribution is -0.167. The maximum absolute atomic E-state index is 12.9. The van der Waals surface area contributed by atoms with E-state index in [0.29, 0.717) is 19.3 Å². The fourth-order valence-electron chi connectivity index (χ4n) is 8.88. The molecule has 0 saturated heterocycles. The van der Waals surface area contributed by atoms with Crippen LogP contribution in [0.1, 0.15) is 303 Å². The Balaban J connectivity index is 4.43. The van der Waals surface area contributed by atoms with E-state index in [2.05, 4.69) is 130 Å². The number of ether oxygens (including phenoxy) is 3. The summed E-state index contributed by atoms with van der Waals surface area (Å²) in [7, 11) is 0. The van der Waals surface area contributed by atoms with Crippen molar-refractivity contribution >= 4 is 17.9 Å². The van der Waals surface area contributed by atoms with E-state index in [1.165, 1.54) is 135 Å². The SMILES string of the molecule is CC/C=C\C/C=C\C/C=C\CCCCCCCCCC(=O)OCC(COC(=O)CCCCCCCCCC/C=C\C/C=C\C/C=C\CCCCCCC)OC(=O)CCCCCCCC/C=C\C/C=C\C/C=C\CCCCC. The van der Waals surface area contributed by atoms with Gasteiger partial charge in [-0.05, 0) is 128 Å². The number of allylic oxidation sites excluding steroid dienone is 18. The van der Waals surface area contributed by atoms with Gasteiger partial charge >= 0.3 is 17.9 Å². The van der Waals surface area contributed by atoms with Crippen molar-refractivity contribution in [1.82, 2.24) is 0 Å². The van der Waals surface area contributed by atoms with Crippen LogP contribution in [0, 0.1) is 0 Å². The predicted molar refractivity (Wildman–Crippen MR) is 334 cm³/mol. The number of carbonyl (C=O) groups is 3. The summed E-state index contributed by atoms with van der Waals surface area (Å²) in [5, 5.41) is 0. The smallest absolute Gasteiger partial charge is 0.306 e. The van der Waals surface area contributed by atoms with Gasteiger partial charge in [0.15, 0.2) is 6.10 Å². The van der Waals surface area contributed by atoms with Crippen LogP contribution in [0.4, 0.5) is 0 Å². The van der Waals surface area contributed by atoms with Crippen molar-refractivity contribution in [1.29, 1.82) is 0 Å². The van der Waals surface area contributed by atoms with Gasteiger partial charge in [0.2, 0.25) is 0 Å². The topological polar surface area (TPSA) is 78.9 Å². The highest BCUT2D eigenvalue weighted by Crippen LogP contribution is 2.15. The van der Waals surface area contributed by atoms with Gasteiger partial charge in [-0.2, -0.15) is 0 Å². The molecule has 0 bridgehead atoms. The van der Waals surface area contributed by atoms with Crippen LogP contribution in [0.25, 0.3) is 0 Å². The lowest BCUT2D eigenvalue weighted by atomic mass is 10.1. The second kappa shape index (κ2) is 64.6. The number of rotatable bonds is 58. The first-order chi connectivity index (χ1) is 38.0. The van der Waals surface area contributed by atoms with Crippen LogP contribution < -0.4 is 0 Å². The molecule has 0 amide bonds. The number of unbranched alkanes of at least 4 members (excludes halogenated alkanes) is 29. The highest BCUT2D eigenvalue weighted by atomic mass is 16.6. The molecule has 0 aliphatic rings. The molecule has 0 spiro atoms. The fourth-order valence-corrected chi connectivity index (χ4v) is 8.88. The molecule has 1 atom stereocenters. The van der Waals surface area contributed by atoms with Crippen molar-refractivity contribution < 1.29 is 28.6 Å². The minimum atomic E-state index is -0.797. The Hall–Kier alpha value is -3.93. The van der Waals surface area contributed by atoms with E-state index in [9.17, 15) is 14.4 Å². The van der Waals surface area contributed by atoms with E-state index in [4.69, 9.17) is 14.2 Å². The molecule has 0 N–H and O–H groups in total. The minimum absolute atomic E-state index is 0.0915. The molecule has 0 radical (unpaired) electrons. The van der Waals surface area contributed by atoms with Gasteiger partial charge in [-0.15, -0.1) is 0 Å². The molecule has 0 fully saturated rings. The normalized spacial score (nSPS) is 12.8. The number of hydrogen-bond acceptors (Lipinski definition) is 6. The molecule has 0 aromatic heterocycles. The molecule has 1 unspecified atom stereocenters. The molecule has 0 aromatic rings. The molecule has 77 heavy (non-hydrogen) atoms. The average molecular weight is 1070 g/mol. The molecule has 0 heterocycles. The molecule has 440 valence electrons. The average Bonchev–Trinajstić information content (AvgIpc) is 3.43. The third kappa shape index (κ3) is 62.8.